The van der Waals surface area contributed by atoms with Crippen LogP contribution in [0.2, 0.25) is 0 Å². The normalized spacial score (nSPS) is 33.0. The average Bonchev–Trinajstić information content (AvgIpc) is 1.69. The van der Waals surface area contributed by atoms with Crippen LogP contribution in [0.15, 0.2) is 0 Å². The van der Waals surface area contributed by atoms with Gasteiger partial charge in [0, 0.05) is 6.61 Å². The summed E-state index contributed by atoms with van der Waals surface area (Å²) in [5.41, 5.74) is 0. The Hall–Kier alpha value is -0.0800. The Labute approximate surface area is 43.1 Å². The molecule has 1 unspecified atom stereocenters. The van der Waals surface area contributed by atoms with E-state index < -0.39 is 0 Å². The van der Waals surface area contributed by atoms with Crippen LogP contribution in [0.5, 0.6) is 0 Å². The fourth-order valence-electron chi connectivity index (χ4n) is 0.724. The quantitative estimate of drug-likeness (QED) is 0.472. The van der Waals surface area contributed by atoms with Gasteiger partial charge in [-0.2, -0.15) is 0 Å². The molecule has 1 rings (SSSR count). The average molecular weight is 102 g/mol. The first-order chi connectivity index (χ1) is 3.39. The molecular formula is C5H10O2. The maximum Gasteiger partial charge on any atom is 0.0774 e. The Morgan fingerprint density at radius 2 is 2.43 bits per heavy atom. The van der Waals surface area contributed by atoms with E-state index in [9.17, 15) is 0 Å². The Morgan fingerprint density at radius 3 is 2.71 bits per heavy atom. The monoisotopic (exact) mass is 102 g/mol. The van der Waals surface area contributed by atoms with Crippen molar-refractivity contribution in [1.82, 2.24) is 0 Å². The lowest BCUT2D eigenvalue weighted by molar-refractivity contribution is -0.00535. The molecule has 0 aliphatic carbocycles. The molecule has 0 aromatic rings. The summed E-state index contributed by atoms with van der Waals surface area (Å²) in [6.45, 7) is 1.37. The highest BCUT2D eigenvalue weighted by atomic mass is 16.5. The lowest BCUT2D eigenvalue weighted by Gasteiger charge is -2.15. The van der Waals surface area contributed by atoms with Crippen molar-refractivity contribution in [2.45, 2.75) is 18.9 Å². The highest BCUT2D eigenvalue weighted by Gasteiger charge is 2.07. The first-order valence-electron chi connectivity index (χ1n) is 2.65. The molecule has 1 aliphatic rings. The lowest BCUT2D eigenvalue weighted by atomic mass is 10.2. The van der Waals surface area contributed by atoms with Gasteiger partial charge < -0.3 is 9.84 Å². The Balaban J connectivity index is 2.12. The molecule has 0 aromatic carbocycles. The van der Waals surface area contributed by atoms with Crippen LogP contribution < -0.4 is 0 Å². The van der Waals surface area contributed by atoms with Gasteiger partial charge in [-0.25, -0.2) is 0 Å². The van der Waals surface area contributed by atoms with Crippen LogP contribution in [0.25, 0.3) is 0 Å². The van der Waals surface area contributed by atoms with Gasteiger partial charge >= 0.3 is 0 Å². The van der Waals surface area contributed by atoms with Crippen molar-refractivity contribution < 1.29 is 9.84 Å². The van der Waals surface area contributed by atoms with Crippen molar-refractivity contribution >= 4 is 0 Å². The topological polar surface area (TPSA) is 29.5 Å². The summed E-state index contributed by atoms with van der Waals surface area (Å²) >= 11 is 0. The van der Waals surface area contributed by atoms with E-state index in [0.717, 1.165) is 19.4 Å². The molecule has 0 amide bonds. The summed E-state index contributed by atoms with van der Waals surface area (Å²) in [6.07, 6.45) is 1.75. The molecule has 2 nitrogen and oxygen atoms in total. The molecule has 0 radical (unpaired) electrons. The van der Waals surface area contributed by atoms with E-state index in [1.165, 1.54) is 0 Å². The van der Waals surface area contributed by atoms with E-state index in [4.69, 9.17) is 9.84 Å². The van der Waals surface area contributed by atoms with Gasteiger partial charge in [0.2, 0.25) is 0 Å². The third-order valence-corrected chi connectivity index (χ3v) is 1.14. The van der Waals surface area contributed by atoms with Crippen molar-refractivity contribution in [3.8, 4) is 0 Å². The Bertz CT molecular complexity index is 48.0. The summed E-state index contributed by atoms with van der Waals surface area (Å²) in [5.74, 6) is 0. The van der Waals surface area contributed by atoms with Gasteiger partial charge in [-0.05, 0) is 12.8 Å². The largest absolute Gasteiger partial charge is 0.391 e. The SMILES string of the molecule is OC1CCCOC1. The zero-order valence-electron chi connectivity index (χ0n) is 4.26. The molecule has 1 atom stereocenters. The van der Waals surface area contributed by atoms with E-state index in [2.05, 4.69) is 0 Å². The molecule has 0 saturated carbocycles. The molecule has 0 bridgehead atoms. The van der Waals surface area contributed by atoms with Crippen LogP contribution >= 0.6 is 0 Å². The summed E-state index contributed by atoms with van der Waals surface area (Å²) in [5, 5.41) is 8.78. The molecule has 1 heterocycles. The van der Waals surface area contributed by atoms with Crippen molar-refractivity contribution in [2.75, 3.05) is 13.2 Å². The van der Waals surface area contributed by atoms with Crippen molar-refractivity contribution in [2.24, 2.45) is 0 Å². The molecule has 1 aliphatic heterocycles. The minimum atomic E-state index is -0.186. The molecule has 2 heteroatoms. The third kappa shape index (κ3) is 1.45. The second-order valence-electron chi connectivity index (χ2n) is 1.87. The number of hydrogen-bond acceptors (Lipinski definition) is 2. The number of ether oxygens (including phenoxy) is 1. The zero-order chi connectivity index (χ0) is 5.11. The van der Waals surface area contributed by atoms with Gasteiger partial charge in [-0.15, -0.1) is 0 Å². The van der Waals surface area contributed by atoms with Crippen molar-refractivity contribution in [1.29, 1.82) is 0 Å². The van der Waals surface area contributed by atoms with Crippen LogP contribution in [0.4, 0.5) is 0 Å². The maximum absolute atomic E-state index is 8.78. The number of aliphatic hydroxyl groups excluding tert-OH is 1. The van der Waals surface area contributed by atoms with Gasteiger partial charge in [-0.1, -0.05) is 0 Å². The third-order valence-electron chi connectivity index (χ3n) is 1.14. The summed E-state index contributed by atoms with van der Waals surface area (Å²) < 4.78 is 4.93. The fourth-order valence-corrected chi connectivity index (χ4v) is 0.724. The summed E-state index contributed by atoms with van der Waals surface area (Å²) in [6, 6.07) is 0. The first-order valence-corrected chi connectivity index (χ1v) is 2.65. The van der Waals surface area contributed by atoms with Gasteiger partial charge in [0.1, 0.15) is 0 Å². The van der Waals surface area contributed by atoms with Crippen LogP contribution in [-0.2, 0) is 4.74 Å². The Kier molecular flexibility index (Phi) is 1.65. The van der Waals surface area contributed by atoms with Crippen LogP contribution in [0.3, 0.4) is 0 Å². The highest BCUT2D eigenvalue weighted by Crippen LogP contribution is 2.03. The second kappa shape index (κ2) is 2.28. The number of aliphatic hydroxyl groups is 1. The summed E-state index contributed by atoms with van der Waals surface area (Å²) in [7, 11) is 0. The van der Waals surface area contributed by atoms with Gasteiger partial charge in [-0.3, -0.25) is 0 Å². The molecular weight excluding hydrogens is 92.1 g/mol. The molecule has 7 heavy (non-hydrogen) atoms. The van der Waals surface area contributed by atoms with E-state index in [-0.39, 0.29) is 6.10 Å². The number of rotatable bonds is 0. The summed E-state index contributed by atoms with van der Waals surface area (Å²) in [4.78, 5) is 0. The van der Waals surface area contributed by atoms with E-state index in [1.54, 1.807) is 0 Å². The van der Waals surface area contributed by atoms with Crippen LogP contribution in [0, 0.1) is 0 Å². The standard InChI is InChI=1S/C5H10O2/c6-5-2-1-3-7-4-5/h5-6H,1-4H2. The molecule has 42 valence electrons. The molecule has 1 N–H and O–H groups in total. The Morgan fingerprint density at radius 1 is 1.57 bits per heavy atom. The molecule has 0 aromatic heterocycles. The van der Waals surface area contributed by atoms with E-state index >= 15 is 0 Å². The zero-order valence-corrected chi connectivity index (χ0v) is 4.26. The predicted molar refractivity (Wildman–Crippen MR) is 26.1 cm³/mol. The van der Waals surface area contributed by atoms with Crippen LogP contribution in [0.1, 0.15) is 12.8 Å². The van der Waals surface area contributed by atoms with Crippen molar-refractivity contribution in [3.05, 3.63) is 0 Å². The fraction of sp³-hybridized carbons (Fsp3) is 1.00. The smallest absolute Gasteiger partial charge is 0.0774 e. The molecule has 0 spiro atoms. The molecule has 1 fully saturated rings. The van der Waals surface area contributed by atoms with Gasteiger partial charge in [0.05, 0.1) is 12.7 Å². The minimum Gasteiger partial charge on any atom is -0.391 e. The highest BCUT2D eigenvalue weighted by molar-refractivity contribution is 4.57. The van der Waals surface area contributed by atoms with Crippen molar-refractivity contribution in [3.63, 3.8) is 0 Å². The van der Waals surface area contributed by atoms with E-state index in [1.807, 2.05) is 0 Å². The second-order valence-corrected chi connectivity index (χ2v) is 1.87. The molecule has 1 saturated heterocycles. The first kappa shape index (κ1) is 5.06. The predicted octanol–water partition coefficient (Wildman–Crippen LogP) is 0.158. The van der Waals surface area contributed by atoms with Gasteiger partial charge in [0.15, 0.2) is 0 Å². The van der Waals surface area contributed by atoms with E-state index in [0.29, 0.717) is 6.61 Å². The van der Waals surface area contributed by atoms with Crippen LogP contribution in [-0.4, -0.2) is 24.4 Å². The number of hydrogen-bond donors (Lipinski definition) is 1. The minimum absolute atomic E-state index is 0.186. The maximum atomic E-state index is 8.78. The lowest BCUT2D eigenvalue weighted by Crippen LogP contribution is -2.21. The van der Waals surface area contributed by atoms with Gasteiger partial charge in [0.25, 0.3) is 0 Å².